The van der Waals surface area contributed by atoms with Crippen molar-refractivity contribution in [2.24, 2.45) is 0 Å². The van der Waals surface area contributed by atoms with E-state index in [0.29, 0.717) is 29.9 Å². The molecule has 0 amide bonds. The molecule has 0 aromatic heterocycles. The number of ether oxygens (including phenoxy) is 2. The first kappa shape index (κ1) is 15.2. The largest absolute Gasteiger partial charge is 0.466 e. The molecule has 1 heterocycles. The Morgan fingerprint density at radius 2 is 2.00 bits per heavy atom. The number of hydrogen-bond donors (Lipinski definition) is 0. The van der Waals surface area contributed by atoms with Gasteiger partial charge in [0.1, 0.15) is 11.5 Å². The highest BCUT2D eigenvalue weighted by atomic mass is 19.4. The van der Waals surface area contributed by atoms with E-state index < -0.39 is 17.7 Å². The Morgan fingerprint density at radius 1 is 1.29 bits per heavy atom. The van der Waals surface area contributed by atoms with Crippen LogP contribution in [-0.2, 0) is 20.4 Å². The zero-order chi connectivity index (χ0) is 15.5. The lowest BCUT2D eigenvalue weighted by molar-refractivity contribution is -0.137. The lowest BCUT2D eigenvalue weighted by atomic mass is 10.1. The molecule has 1 aliphatic rings. The number of esters is 1. The Morgan fingerprint density at radius 3 is 2.67 bits per heavy atom. The first-order valence-corrected chi connectivity index (χ1v) is 6.22. The van der Waals surface area contributed by atoms with Gasteiger partial charge in [0.2, 0.25) is 0 Å². The van der Waals surface area contributed by atoms with Crippen LogP contribution in [0.15, 0.2) is 41.9 Å². The maximum Gasteiger partial charge on any atom is 0.416 e. The van der Waals surface area contributed by atoms with Crippen molar-refractivity contribution in [3.05, 3.63) is 53.0 Å². The third kappa shape index (κ3) is 4.11. The van der Waals surface area contributed by atoms with E-state index in [1.165, 1.54) is 25.3 Å². The summed E-state index contributed by atoms with van der Waals surface area (Å²) in [7, 11) is 1.26. The fourth-order valence-electron chi connectivity index (χ4n) is 1.90. The number of alkyl halides is 3. The minimum Gasteiger partial charge on any atom is -0.466 e. The monoisotopic (exact) mass is 298 g/mol. The molecule has 6 heteroatoms. The highest BCUT2D eigenvalue weighted by Gasteiger charge is 2.30. The first-order chi connectivity index (χ1) is 9.88. The van der Waals surface area contributed by atoms with Gasteiger partial charge in [-0.1, -0.05) is 12.1 Å². The van der Waals surface area contributed by atoms with Crippen LogP contribution in [0.5, 0.6) is 0 Å². The van der Waals surface area contributed by atoms with Crippen LogP contribution in [-0.4, -0.2) is 13.1 Å². The second-order valence-corrected chi connectivity index (χ2v) is 4.47. The molecule has 1 saturated heterocycles. The summed E-state index contributed by atoms with van der Waals surface area (Å²) in [5.74, 6) is 0.440. The van der Waals surface area contributed by atoms with Crippen LogP contribution in [0.2, 0.25) is 0 Å². The van der Waals surface area contributed by atoms with Crippen molar-refractivity contribution in [3.8, 4) is 0 Å². The van der Waals surface area contributed by atoms with E-state index in [9.17, 15) is 18.0 Å². The Hall–Kier alpha value is -2.24. The van der Waals surface area contributed by atoms with Crippen molar-refractivity contribution in [1.29, 1.82) is 0 Å². The van der Waals surface area contributed by atoms with Gasteiger partial charge in [0.15, 0.2) is 0 Å². The molecule has 0 unspecified atom stereocenters. The second kappa shape index (κ2) is 6.03. The summed E-state index contributed by atoms with van der Waals surface area (Å²) in [5.41, 5.74) is -0.306. The topological polar surface area (TPSA) is 35.5 Å². The van der Waals surface area contributed by atoms with Crippen LogP contribution in [0.3, 0.4) is 0 Å². The number of hydrogen-bond acceptors (Lipinski definition) is 3. The number of benzene rings is 1. The first-order valence-electron chi connectivity index (χ1n) is 6.22. The standard InChI is InChI=1S/C15H13F3O3/c1-20-14(19)9-13-6-5-12(21-13)8-10-3-2-4-11(7-10)15(16,17)18/h2-4,7-9H,5-6H2,1H3/b12-8+,13-9+. The van der Waals surface area contributed by atoms with Gasteiger partial charge in [-0.15, -0.1) is 0 Å². The van der Waals surface area contributed by atoms with Crippen molar-refractivity contribution in [2.45, 2.75) is 19.0 Å². The van der Waals surface area contributed by atoms with E-state index in [0.717, 1.165) is 12.1 Å². The Balaban J connectivity index is 2.15. The normalized spacial score (nSPS) is 18.9. The molecule has 1 aromatic carbocycles. The van der Waals surface area contributed by atoms with Gasteiger partial charge in [-0.3, -0.25) is 0 Å². The van der Waals surface area contributed by atoms with Crippen LogP contribution >= 0.6 is 0 Å². The van der Waals surface area contributed by atoms with Gasteiger partial charge in [0, 0.05) is 12.8 Å². The average Bonchev–Trinajstić information content (AvgIpc) is 2.85. The van der Waals surface area contributed by atoms with E-state index in [1.807, 2.05) is 0 Å². The molecule has 3 nitrogen and oxygen atoms in total. The summed E-state index contributed by atoms with van der Waals surface area (Å²) in [4.78, 5) is 11.1. The van der Waals surface area contributed by atoms with E-state index >= 15 is 0 Å². The zero-order valence-electron chi connectivity index (χ0n) is 11.2. The smallest absolute Gasteiger partial charge is 0.416 e. The summed E-state index contributed by atoms with van der Waals surface area (Å²) in [6, 6.07) is 4.97. The molecule has 21 heavy (non-hydrogen) atoms. The summed E-state index contributed by atoms with van der Waals surface area (Å²) in [5, 5.41) is 0. The van der Waals surface area contributed by atoms with Crippen molar-refractivity contribution in [1.82, 2.24) is 0 Å². The van der Waals surface area contributed by atoms with Crippen molar-refractivity contribution >= 4 is 12.0 Å². The van der Waals surface area contributed by atoms with Gasteiger partial charge < -0.3 is 9.47 Å². The fraction of sp³-hybridized carbons (Fsp3) is 0.267. The zero-order valence-corrected chi connectivity index (χ0v) is 11.2. The van der Waals surface area contributed by atoms with Crippen LogP contribution < -0.4 is 0 Å². The number of methoxy groups -OCH3 is 1. The lowest BCUT2D eigenvalue weighted by Gasteiger charge is -2.07. The molecule has 0 aliphatic carbocycles. The van der Waals surface area contributed by atoms with Gasteiger partial charge >= 0.3 is 12.1 Å². The number of carbonyl (C=O) groups excluding carboxylic acids is 1. The predicted molar refractivity (Wildman–Crippen MR) is 69.8 cm³/mol. The average molecular weight is 298 g/mol. The molecule has 0 bridgehead atoms. The Labute approximate surface area is 119 Å². The maximum atomic E-state index is 12.6. The van der Waals surface area contributed by atoms with Crippen LogP contribution in [0.4, 0.5) is 13.2 Å². The van der Waals surface area contributed by atoms with Gasteiger partial charge in [-0.2, -0.15) is 13.2 Å². The maximum absolute atomic E-state index is 12.6. The molecule has 1 aliphatic heterocycles. The molecule has 0 N–H and O–H groups in total. The molecule has 112 valence electrons. The van der Waals surface area contributed by atoms with Gasteiger partial charge in [0.25, 0.3) is 0 Å². The highest BCUT2D eigenvalue weighted by Crippen LogP contribution is 2.31. The molecular weight excluding hydrogens is 285 g/mol. The van der Waals surface area contributed by atoms with Crippen molar-refractivity contribution in [3.63, 3.8) is 0 Å². The number of allylic oxidation sites excluding steroid dienone is 2. The van der Waals surface area contributed by atoms with E-state index in [-0.39, 0.29) is 0 Å². The highest BCUT2D eigenvalue weighted by molar-refractivity contribution is 5.82. The quantitative estimate of drug-likeness (QED) is 0.613. The summed E-state index contributed by atoms with van der Waals surface area (Å²) in [6.45, 7) is 0. The lowest BCUT2D eigenvalue weighted by Crippen LogP contribution is -2.04. The fourth-order valence-corrected chi connectivity index (χ4v) is 1.90. The molecule has 0 spiro atoms. The molecule has 1 fully saturated rings. The molecular formula is C15H13F3O3. The summed E-state index contributed by atoms with van der Waals surface area (Å²) >= 11 is 0. The Kier molecular flexibility index (Phi) is 4.35. The number of rotatable bonds is 2. The molecule has 0 saturated carbocycles. The third-order valence-corrected chi connectivity index (χ3v) is 2.90. The van der Waals surface area contributed by atoms with E-state index in [2.05, 4.69) is 4.74 Å². The number of carbonyl (C=O) groups is 1. The SMILES string of the molecule is COC(=O)/C=C1\CC/C(=C\c2cccc(C(F)(F)F)c2)O1. The Bertz CT molecular complexity index is 600. The van der Waals surface area contributed by atoms with Crippen molar-refractivity contribution in [2.75, 3.05) is 7.11 Å². The minimum atomic E-state index is -4.37. The van der Waals surface area contributed by atoms with E-state index in [4.69, 9.17) is 4.74 Å². The molecule has 0 atom stereocenters. The van der Waals surface area contributed by atoms with Crippen LogP contribution in [0, 0.1) is 0 Å². The summed E-state index contributed by atoms with van der Waals surface area (Å²) < 4.78 is 47.7. The predicted octanol–water partition coefficient (Wildman–Crippen LogP) is 3.91. The van der Waals surface area contributed by atoms with E-state index in [1.54, 1.807) is 6.07 Å². The number of halogens is 3. The molecule has 1 aromatic rings. The van der Waals surface area contributed by atoms with Crippen molar-refractivity contribution < 1.29 is 27.4 Å². The van der Waals surface area contributed by atoms with Gasteiger partial charge in [-0.25, -0.2) is 4.79 Å². The van der Waals surface area contributed by atoms with Gasteiger partial charge in [0.05, 0.1) is 18.7 Å². The van der Waals surface area contributed by atoms with Crippen LogP contribution in [0.25, 0.3) is 6.08 Å². The summed E-state index contributed by atoms with van der Waals surface area (Å²) in [6.07, 6.45) is -0.569. The van der Waals surface area contributed by atoms with Crippen LogP contribution in [0.1, 0.15) is 24.0 Å². The second-order valence-electron chi connectivity index (χ2n) is 4.47. The molecule has 0 radical (unpaired) electrons. The molecule has 2 rings (SSSR count). The van der Waals surface area contributed by atoms with Gasteiger partial charge in [-0.05, 0) is 23.8 Å². The minimum absolute atomic E-state index is 0.402. The third-order valence-electron chi connectivity index (χ3n) is 2.90.